The molecule has 0 fully saturated rings. The van der Waals surface area contributed by atoms with E-state index in [9.17, 15) is 0 Å². The van der Waals surface area contributed by atoms with E-state index in [1.54, 1.807) is 6.21 Å². The van der Waals surface area contributed by atoms with Gasteiger partial charge in [-0.15, -0.1) is 5.10 Å². The van der Waals surface area contributed by atoms with Crippen molar-refractivity contribution in [2.24, 2.45) is 21.4 Å². The van der Waals surface area contributed by atoms with Crippen molar-refractivity contribution in [2.45, 2.75) is 13.3 Å². The highest BCUT2D eigenvalue weighted by molar-refractivity contribution is 5.57. The Bertz CT molecular complexity index is 103. The van der Waals surface area contributed by atoms with E-state index in [2.05, 4.69) is 22.4 Å². The van der Waals surface area contributed by atoms with Crippen LogP contribution < -0.4 is 0 Å². The van der Waals surface area contributed by atoms with Crippen LogP contribution in [0.15, 0.2) is 15.4 Å². The molecule has 0 saturated carbocycles. The first-order valence-electron chi connectivity index (χ1n) is 2.78. The van der Waals surface area contributed by atoms with Gasteiger partial charge >= 0.3 is 0 Å². The topological polar surface area (TPSA) is 37.1 Å². The first-order valence-corrected chi connectivity index (χ1v) is 2.78. The SMILES string of the molecule is C[C@@H]1CC=NN=NC1. The average molecular weight is 111 g/mol. The van der Waals surface area contributed by atoms with Crippen molar-refractivity contribution in [3.63, 3.8) is 0 Å². The predicted octanol–water partition coefficient (Wildman–Crippen LogP) is 1.46. The zero-order valence-electron chi connectivity index (χ0n) is 4.91. The summed E-state index contributed by atoms with van der Waals surface area (Å²) in [5.41, 5.74) is 0. The third-order valence-electron chi connectivity index (χ3n) is 1.10. The zero-order valence-corrected chi connectivity index (χ0v) is 4.91. The van der Waals surface area contributed by atoms with Gasteiger partial charge in [0, 0.05) is 6.21 Å². The fourth-order valence-electron chi connectivity index (χ4n) is 0.551. The average Bonchev–Trinajstić information content (AvgIpc) is 1.94. The van der Waals surface area contributed by atoms with Crippen LogP contribution >= 0.6 is 0 Å². The summed E-state index contributed by atoms with van der Waals surface area (Å²) < 4.78 is 0. The Labute approximate surface area is 48.5 Å². The third-order valence-corrected chi connectivity index (χ3v) is 1.10. The van der Waals surface area contributed by atoms with Crippen LogP contribution in [0.1, 0.15) is 13.3 Å². The molecule has 0 N–H and O–H groups in total. The molecular formula is C5H9N3. The first-order chi connectivity index (χ1) is 3.89. The molecule has 1 rings (SSSR count). The van der Waals surface area contributed by atoms with Crippen molar-refractivity contribution in [3.05, 3.63) is 0 Å². The summed E-state index contributed by atoms with van der Waals surface area (Å²) in [5.74, 6) is 0.616. The van der Waals surface area contributed by atoms with Crippen LogP contribution in [0, 0.1) is 5.92 Å². The smallest absolute Gasteiger partial charge is 0.0650 e. The number of hydrogen-bond acceptors (Lipinski definition) is 3. The van der Waals surface area contributed by atoms with Crippen LogP contribution in [-0.4, -0.2) is 12.8 Å². The van der Waals surface area contributed by atoms with E-state index >= 15 is 0 Å². The minimum absolute atomic E-state index is 0.616. The van der Waals surface area contributed by atoms with Gasteiger partial charge in [-0.2, -0.15) is 5.11 Å². The van der Waals surface area contributed by atoms with Crippen LogP contribution in [0.3, 0.4) is 0 Å². The molecule has 1 aliphatic rings. The summed E-state index contributed by atoms with van der Waals surface area (Å²) in [4.78, 5) is 0. The molecule has 3 nitrogen and oxygen atoms in total. The van der Waals surface area contributed by atoms with Crippen LogP contribution in [-0.2, 0) is 0 Å². The molecule has 0 aromatic heterocycles. The van der Waals surface area contributed by atoms with E-state index in [1.807, 2.05) is 0 Å². The van der Waals surface area contributed by atoms with E-state index in [4.69, 9.17) is 0 Å². The lowest BCUT2D eigenvalue weighted by molar-refractivity contribution is 0.619. The maximum Gasteiger partial charge on any atom is 0.0650 e. The molecule has 0 amide bonds. The van der Waals surface area contributed by atoms with Crippen molar-refractivity contribution in [1.82, 2.24) is 0 Å². The molecule has 0 spiro atoms. The Morgan fingerprint density at radius 2 is 2.50 bits per heavy atom. The van der Waals surface area contributed by atoms with E-state index < -0.39 is 0 Å². The normalized spacial score (nSPS) is 27.9. The highest BCUT2D eigenvalue weighted by Gasteiger charge is 1.99. The van der Waals surface area contributed by atoms with Gasteiger partial charge in [-0.25, -0.2) is 0 Å². The number of rotatable bonds is 0. The Morgan fingerprint density at radius 1 is 1.62 bits per heavy atom. The first kappa shape index (κ1) is 5.41. The Balaban J connectivity index is 2.45. The van der Waals surface area contributed by atoms with Crippen molar-refractivity contribution in [2.75, 3.05) is 6.54 Å². The number of hydrogen-bond donors (Lipinski definition) is 0. The molecule has 3 heteroatoms. The zero-order chi connectivity index (χ0) is 5.82. The largest absolute Gasteiger partial charge is 0.169 e. The van der Waals surface area contributed by atoms with Crippen LogP contribution in [0.25, 0.3) is 0 Å². The summed E-state index contributed by atoms with van der Waals surface area (Å²) in [6, 6.07) is 0. The van der Waals surface area contributed by atoms with Crippen molar-refractivity contribution >= 4 is 6.21 Å². The van der Waals surface area contributed by atoms with Gasteiger partial charge in [0.05, 0.1) is 6.54 Å². The summed E-state index contributed by atoms with van der Waals surface area (Å²) in [6.45, 7) is 2.95. The molecule has 0 aromatic rings. The fourth-order valence-corrected chi connectivity index (χ4v) is 0.551. The minimum atomic E-state index is 0.616. The van der Waals surface area contributed by atoms with Crippen molar-refractivity contribution in [3.8, 4) is 0 Å². The highest BCUT2D eigenvalue weighted by atomic mass is 15.4. The molecule has 0 saturated heterocycles. The molecule has 0 aliphatic carbocycles. The van der Waals surface area contributed by atoms with E-state index in [0.717, 1.165) is 13.0 Å². The Hall–Kier alpha value is -0.730. The van der Waals surface area contributed by atoms with Crippen LogP contribution in [0.5, 0.6) is 0 Å². The van der Waals surface area contributed by atoms with Crippen molar-refractivity contribution in [1.29, 1.82) is 0 Å². The molecular weight excluding hydrogens is 102 g/mol. The summed E-state index contributed by atoms with van der Waals surface area (Å²) >= 11 is 0. The lowest BCUT2D eigenvalue weighted by Crippen LogP contribution is -1.96. The maximum absolute atomic E-state index is 3.78. The summed E-state index contributed by atoms with van der Waals surface area (Å²) in [5, 5.41) is 10.9. The van der Waals surface area contributed by atoms with Gasteiger partial charge in [0.25, 0.3) is 0 Å². The standard InChI is InChI=1S/C5H9N3/c1-5-2-3-6-8-7-4-5/h3,5H,2,4H2,1H3/t5-/m1/s1. The fraction of sp³-hybridized carbons (Fsp3) is 0.800. The van der Waals surface area contributed by atoms with Gasteiger partial charge in [0.1, 0.15) is 0 Å². The molecule has 1 atom stereocenters. The maximum atomic E-state index is 3.78. The van der Waals surface area contributed by atoms with E-state index in [-0.39, 0.29) is 0 Å². The second kappa shape index (κ2) is 2.55. The molecule has 0 unspecified atom stereocenters. The van der Waals surface area contributed by atoms with Gasteiger partial charge in [-0.3, -0.25) is 0 Å². The molecule has 8 heavy (non-hydrogen) atoms. The monoisotopic (exact) mass is 111 g/mol. The van der Waals surface area contributed by atoms with Crippen LogP contribution in [0.2, 0.25) is 0 Å². The van der Waals surface area contributed by atoms with Gasteiger partial charge in [-0.1, -0.05) is 6.92 Å². The Kier molecular flexibility index (Phi) is 1.72. The minimum Gasteiger partial charge on any atom is -0.169 e. The second-order valence-corrected chi connectivity index (χ2v) is 2.05. The lowest BCUT2D eigenvalue weighted by atomic mass is 10.1. The predicted molar refractivity (Wildman–Crippen MR) is 32.0 cm³/mol. The number of nitrogens with zero attached hydrogens (tertiary/aromatic N) is 3. The summed E-state index contributed by atoms with van der Waals surface area (Å²) in [7, 11) is 0. The molecule has 1 aliphatic heterocycles. The van der Waals surface area contributed by atoms with Gasteiger partial charge in [-0.05, 0) is 17.6 Å². The highest BCUT2D eigenvalue weighted by Crippen LogP contribution is 2.02. The molecule has 0 radical (unpaired) electrons. The van der Waals surface area contributed by atoms with E-state index in [0.29, 0.717) is 5.92 Å². The quantitative estimate of drug-likeness (QED) is 0.454. The molecule has 1 heterocycles. The second-order valence-electron chi connectivity index (χ2n) is 2.05. The molecule has 0 bridgehead atoms. The molecule has 0 aromatic carbocycles. The van der Waals surface area contributed by atoms with Gasteiger partial charge < -0.3 is 0 Å². The van der Waals surface area contributed by atoms with Gasteiger partial charge in [0.2, 0.25) is 0 Å². The summed E-state index contributed by atoms with van der Waals surface area (Å²) in [6.07, 6.45) is 2.81. The molecule has 44 valence electrons. The van der Waals surface area contributed by atoms with Gasteiger partial charge in [0.15, 0.2) is 0 Å². The van der Waals surface area contributed by atoms with Crippen molar-refractivity contribution < 1.29 is 0 Å². The third kappa shape index (κ3) is 1.40. The lowest BCUT2D eigenvalue weighted by Gasteiger charge is -1.96. The van der Waals surface area contributed by atoms with Crippen LogP contribution in [0.4, 0.5) is 0 Å². The van der Waals surface area contributed by atoms with E-state index in [1.165, 1.54) is 0 Å². The Morgan fingerprint density at radius 3 is 3.38 bits per heavy atom.